The Kier molecular flexibility index (Phi) is 6.65. The van der Waals surface area contributed by atoms with Crippen molar-refractivity contribution in [2.75, 3.05) is 13.2 Å². The van der Waals surface area contributed by atoms with Crippen LogP contribution in [0.2, 0.25) is 0 Å². The molecule has 1 saturated carbocycles. The molecule has 1 amide bonds. The zero-order valence-corrected chi connectivity index (χ0v) is 11.8. The molecule has 106 valence electrons. The third kappa shape index (κ3) is 5.36. The molecule has 1 aliphatic carbocycles. The Morgan fingerprint density at radius 2 is 2.17 bits per heavy atom. The molecule has 4 atom stereocenters. The first kappa shape index (κ1) is 15.4. The molecule has 18 heavy (non-hydrogen) atoms. The van der Waals surface area contributed by atoms with E-state index in [-0.39, 0.29) is 24.5 Å². The molecule has 0 saturated heterocycles. The minimum atomic E-state index is -0.397. The Labute approximate surface area is 110 Å². The van der Waals surface area contributed by atoms with Gasteiger partial charge in [-0.1, -0.05) is 26.7 Å². The monoisotopic (exact) mass is 257 g/mol. The third-order valence-corrected chi connectivity index (χ3v) is 3.59. The fraction of sp³-hybridized carbons (Fsp3) is 0.929. The van der Waals surface area contributed by atoms with Crippen LogP contribution in [0, 0.1) is 11.8 Å². The first-order valence-corrected chi connectivity index (χ1v) is 7.07. The van der Waals surface area contributed by atoms with Crippen LogP contribution in [0.3, 0.4) is 0 Å². The molecular formula is C14H27NO3. The van der Waals surface area contributed by atoms with E-state index in [2.05, 4.69) is 12.2 Å². The lowest BCUT2D eigenvalue weighted by Crippen LogP contribution is -2.40. The van der Waals surface area contributed by atoms with E-state index in [0.29, 0.717) is 12.5 Å². The second-order valence-electron chi connectivity index (χ2n) is 5.70. The van der Waals surface area contributed by atoms with Crippen LogP contribution in [0.15, 0.2) is 0 Å². The lowest BCUT2D eigenvalue weighted by molar-refractivity contribution is -0.137. The lowest BCUT2D eigenvalue weighted by Gasteiger charge is -2.29. The van der Waals surface area contributed by atoms with Gasteiger partial charge >= 0.3 is 0 Å². The molecule has 4 nitrogen and oxygen atoms in total. The van der Waals surface area contributed by atoms with Crippen molar-refractivity contribution in [1.29, 1.82) is 0 Å². The van der Waals surface area contributed by atoms with Gasteiger partial charge in [-0.05, 0) is 31.6 Å². The summed E-state index contributed by atoms with van der Waals surface area (Å²) in [6.07, 6.45) is 4.42. The Hall–Kier alpha value is -0.610. The Morgan fingerprint density at radius 3 is 2.78 bits per heavy atom. The van der Waals surface area contributed by atoms with Gasteiger partial charge in [0, 0.05) is 13.2 Å². The summed E-state index contributed by atoms with van der Waals surface area (Å²) >= 11 is 0. The number of nitrogens with one attached hydrogen (secondary N) is 1. The van der Waals surface area contributed by atoms with Crippen LogP contribution in [0.5, 0.6) is 0 Å². The normalized spacial score (nSPS) is 27.6. The largest absolute Gasteiger partial charge is 0.396 e. The van der Waals surface area contributed by atoms with Crippen LogP contribution in [-0.4, -0.2) is 36.4 Å². The van der Waals surface area contributed by atoms with E-state index in [1.807, 2.05) is 6.92 Å². The van der Waals surface area contributed by atoms with Crippen LogP contribution in [0.25, 0.3) is 0 Å². The lowest BCUT2D eigenvalue weighted by atomic mass is 9.88. The van der Waals surface area contributed by atoms with E-state index in [1.54, 1.807) is 6.92 Å². The molecule has 4 heteroatoms. The van der Waals surface area contributed by atoms with Gasteiger partial charge in [-0.15, -0.1) is 0 Å². The summed E-state index contributed by atoms with van der Waals surface area (Å²) in [6, 6.07) is 0. The quantitative estimate of drug-likeness (QED) is 0.761. The third-order valence-electron chi connectivity index (χ3n) is 3.59. The van der Waals surface area contributed by atoms with Crippen molar-refractivity contribution in [3.05, 3.63) is 0 Å². The molecule has 2 N–H and O–H groups in total. The first-order chi connectivity index (χ1) is 8.52. The maximum atomic E-state index is 11.8. The predicted molar refractivity (Wildman–Crippen MR) is 71.2 cm³/mol. The first-order valence-electron chi connectivity index (χ1n) is 7.07. The highest BCUT2D eigenvalue weighted by Crippen LogP contribution is 2.26. The van der Waals surface area contributed by atoms with Gasteiger partial charge in [0.25, 0.3) is 0 Å². The van der Waals surface area contributed by atoms with E-state index in [4.69, 9.17) is 9.84 Å². The van der Waals surface area contributed by atoms with Crippen LogP contribution >= 0.6 is 0 Å². The molecule has 0 heterocycles. The van der Waals surface area contributed by atoms with Gasteiger partial charge in [-0.25, -0.2) is 0 Å². The average molecular weight is 257 g/mol. The smallest absolute Gasteiger partial charge is 0.248 e. The van der Waals surface area contributed by atoms with Gasteiger partial charge < -0.3 is 15.2 Å². The van der Waals surface area contributed by atoms with E-state index in [0.717, 1.165) is 12.8 Å². The zero-order chi connectivity index (χ0) is 13.5. The summed E-state index contributed by atoms with van der Waals surface area (Å²) < 4.78 is 5.81. The highest BCUT2D eigenvalue weighted by atomic mass is 16.5. The molecule has 0 aromatic carbocycles. The van der Waals surface area contributed by atoms with Crippen molar-refractivity contribution >= 4 is 5.91 Å². The standard InChI is InChI=1S/C14H27NO3/c1-10-5-4-6-13(7-10)18-12(3)14(17)15-8-11(2)9-16/h10-13,16H,4-9H2,1-3H3,(H,15,17). The number of carbonyl (C=O) groups excluding carboxylic acids is 1. The molecule has 0 spiro atoms. The topological polar surface area (TPSA) is 58.6 Å². The number of hydrogen-bond acceptors (Lipinski definition) is 3. The minimum absolute atomic E-state index is 0.0754. The Balaban J connectivity index is 2.26. The second kappa shape index (κ2) is 7.74. The molecular weight excluding hydrogens is 230 g/mol. The van der Waals surface area contributed by atoms with Gasteiger partial charge in [0.2, 0.25) is 5.91 Å². The van der Waals surface area contributed by atoms with Gasteiger partial charge in [0.05, 0.1) is 6.10 Å². The van der Waals surface area contributed by atoms with Crippen molar-refractivity contribution in [3.63, 3.8) is 0 Å². The number of aliphatic hydroxyl groups is 1. The van der Waals surface area contributed by atoms with Crippen molar-refractivity contribution < 1.29 is 14.6 Å². The molecule has 1 rings (SSSR count). The van der Waals surface area contributed by atoms with Crippen LogP contribution in [0.1, 0.15) is 46.5 Å². The number of ether oxygens (including phenoxy) is 1. The second-order valence-corrected chi connectivity index (χ2v) is 5.70. The number of carbonyl (C=O) groups is 1. The molecule has 1 aliphatic rings. The summed E-state index contributed by atoms with van der Waals surface area (Å²) in [5.41, 5.74) is 0. The molecule has 0 aromatic rings. The summed E-state index contributed by atoms with van der Waals surface area (Å²) in [4.78, 5) is 11.8. The molecule has 0 aliphatic heterocycles. The van der Waals surface area contributed by atoms with Gasteiger partial charge in [0.15, 0.2) is 0 Å². The molecule has 0 bridgehead atoms. The number of amides is 1. The molecule has 1 fully saturated rings. The predicted octanol–water partition coefficient (Wildman–Crippen LogP) is 1.71. The molecule has 0 aromatic heterocycles. The van der Waals surface area contributed by atoms with E-state index in [9.17, 15) is 4.79 Å². The van der Waals surface area contributed by atoms with E-state index >= 15 is 0 Å². The number of rotatable bonds is 6. The highest BCUT2D eigenvalue weighted by Gasteiger charge is 2.24. The summed E-state index contributed by atoms with van der Waals surface area (Å²) in [7, 11) is 0. The van der Waals surface area contributed by atoms with Gasteiger partial charge in [0.1, 0.15) is 6.10 Å². The maximum Gasteiger partial charge on any atom is 0.248 e. The van der Waals surface area contributed by atoms with Gasteiger partial charge in [-0.3, -0.25) is 4.79 Å². The Bertz CT molecular complexity index is 257. The summed E-state index contributed by atoms with van der Waals surface area (Å²) in [5, 5.41) is 11.7. The van der Waals surface area contributed by atoms with Gasteiger partial charge in [-0.2, -0.15) is 0 Å². The number of hydrogen-bond donors (Lipinski definition) is 2. The minimum Gasteiger partial charge on any atom is -0.396 e. The highest BCUT2D eigenvalue weighted by molar-refractivity contribution is 5.80. The van der Waals surface area contributed by atoms with Crippen LogP contribution in [-0.2, 0) is 9.53 Å². The molecule has 4 unspecified atom stereocenters. The van der Waals surface area contributed by atoms with Crippen molar-refractivity contribution in [3.8, 4) is 0 Å². The fourth-order valence-electron chi connectivity index (χ4n) is 2.34. The Morgan fingerprint density at radius 1 is 1.44 bits per heavy atom. The van der Waals surface area contributed by atoms with Crippen molar-refractivity contribution in [1.82, 2.24) is 5.32 Å². The molecule has 0 radical (unpaired) electrons. The van der Waals surface area contributed by atoms with Crippen LogP contribution < -0.4 is 5.32 Å². The number of aliphatic hydroxyl groups excluding tert-OH is 1. The summed E-state index contributed by atoms with van der Waals surface area (Å²) in [5.74, 6) is 0.720. The van der Waals surface area contributed by atoms with Crippen molar-refractivity contribution in [2.45, 2.75) is 58.7 Å². The average Bonchev–Trinajstić information content (AvgIpc) is 2.35. The van der Waals surface area contributed by atoms with Crippen molar-refractivity contribution in [2.24, 2.45) is 11.8 Å². The van der Waals surface area contributed by atoms with E-state index in [1.165, 1.54) is 12.8 Å². The van der Waals surface area contributed by atoms with E-state index < -0.39 is 6.10 Å². The zero-order valence-electron chi connectivity index (χ0n) is 11.8. The maximum absolute atomic E-state index is 11.8. The summed E-state index contributed by atoms with van der Waals surface area (Å²) in [6.45, 7) is 6.54. The fourth-order valence-corrected chi connectivity index (χ4v) is 2.34. The SMILES string of the molecule is CC(CO)CNC(=O)C(C)OC1CCCC(C)C1. The van der Waals surface area contributed by atoms with Crippen LogP contribution in [0.4, 0.5) is 0 Å².